The van der Waals surface area contributed by atoms with Crippen molar-refractivity contribution in [1.29, 1.82) is 0 Å². The van der Waals surface area contributed by atoms with E-state index < -0.39 is 34.1 Å². The van der Waals surface area contributed by atoms with E-state index in [-0.39, 0.29) is 23.3 Å². The van der Waals surface area contributed by atoms with Crippen LogP contribution in [0.4, 0.5) is 4.39 Å². The molecular formula is C18H24FNO5S2. The number of benzene rings is 1. The van der Waals surface area contributed by atoms with Gasteiger partial charge in [-0.1, -0.05) is 25.5 Å². The van der Waals surface area contributed by atoms with Crippen LogP contribution in [0, 0.1) is 5.82 Å². The fourth-order valence-electron chi connectivity index (χ4n) is 2.83. The number of carbonyl (C=O) groups is 2. The van der Waals surface area contributed by atoms with Crippen molar-refractivity contribution in [3.05, 3.63) is 30.1 Å². The first-order valence-electron chi connectivity index (χ1n) is 8.85. The first kappa shape index (κ1) is 21.7. The molecule has 1 saturated heterocycles. The molecule has 1 atom stereocenters. The Morgan fingerprint density at radius 1 is 1.33 bits per heavy atom. The Kier molecular flexibility index (Phi) is 8.09. The summed E-state index contributed by atoms with van der Waals surface area (Å²) in [6, 6.07) is 5.73. The molecule has 1 heterocycles. The number of hydrogen-bond donors (Lipinski definition) is 0. The van der Waals surface area contributed by atoms with Gasteiger partial charge in [-0.15, -0.1) is 11.8 Å². The van der Waals surface area contributed by atoms with Crippen LogP contribution in [0.2, 0.25) is 0 Å². The lowest BCUT2D eigenvalue weighted by atomic mass is 10.2. The van der Waals surface area contributed by atoms with Crippen LogP contribution in [-0.4, -0.2) is 61.6 Å². The quantitative estimate of drug-likeness (QED) is 0.453. The van der Waals surface area contributed by atoms with Crippen molar-refractivity contribution in [3.8, 4) is 0 Å². The lowest BCUT2D eigenvalue weighted by Gasteiger charge is -2.28. The van der Waals surface area contributed by atoms with E-state index in [2.05, 4.69) is 0 Å². The van der Waals surface area contributed by atoms with Crippen LogP contribution in [0.25, 0.3) is 0 Å². The summed E-state index contributed by atoms with van der Waals surface area (Å²) in [5.74, 6) is -1.51. The predicted molar refractivity (Wildman–Crippen MR) is 102 cm³/mol. The molecule has 0 aromatic heterocycles. The van der Waals surface area contributed by atoms with Crippen LogP contribution in [-0.2, 0) is 24.2 Å². The highest BCUT2D eigenvalue weighted by Crippen LogP contribution is 2.21. The second-order valence-electron chi connectivity index (χ2n) is 6.38. The number of halogens is 1. The number of sulfone groups is 1. The number of nitrogens with zero attached hydrogens (tertiary/aromatic N) is 1. The highest BCUT2D eigenvalue weighted by atomic mass is 32.2. The smallest absolute Gasteiger partial charge is 0.316 e. The summed E-state index contributed by atoms with van der Waals surface area (Å²) in [5.41, 5.74) is 0. The molecule has 9 heteroatoms. The van der Waals surface area contributed by atoms with Gasteiger partial charge in [0.2, 0.25) is 0 Å². The molecule has 0 aliphatic carbocycles. The molecule has 2 rings (SSSR count). The van der Waals surface area contributed by atoms with E-state index in [4.69, 9.17) is 4.74 Å². The third kappa shape index (κ3) is 6.80. The Labute approximate surface area is 163 Å². The molecule has 1 aromatic rings. The van der Waals surface area contributed by atoms with E-state index in [1.54, 1.807) is 18.2 Å². The molecule has 1 aliphatic rings. The van der Waals surface area contributed by atoms with Crippen LogP contribution in [0.15, 0.2) is 29.2 Å². The van der Waals surface area contributed by atoms with Gasteiger partial charge in [-0.25, -0.2) is 12.8 Å². The van der Waals surface area contributed by atoms with Crippen molar-refractivity contribution in [2.75, 3.05) is 30.4 Å². The van der Waals surface area contributed by atoms with E-state index in [1.807, 2.05) is 6.92 Å². The standard InChI is InChI=1S/C18H24FNO5S2/c1-2-3-9-20(14-8-10-27(23,24)13-14)17(21)11-25-18(22)12-26-16-7-5-4-6-15(16)19/h4-7,14H,2-3,8-13H2,1H3/t14-/m0/s1. The number of thioether (sulfide) groups is 1. The van der Waals surface area contributed by atoms with E-state index in [1.165, 1.54) is 11.0 Å². The first-order chi connectivity index (χ1) is 12.8. The molecule has 0 spiro atoms. The van der Waals surface area contributed by atoms with Gasteiger partial charge in [-0.2, -0.15) is 0 Å². The average molecular weight is 418 g/mol. The topological polar surface area (TPSA) is 80.8 Å². The number of rotatable bonds is 9. The molecule has 0 bridgehead atoms. The average Bonchev–Trinajstić information content (AvgIpc) is 2.99. The number of hydrogen-bond acceptors (Lipinski definition) is 6. The van der Waals surface area contributed by atoms with Gasteiger partial charge in [0.15, 0.2) is 16.4 Å². The van der Waals surface area contributed by atoms with Gasteiger partial charge in [0.05, 0.1) is 17.3 Å². The summed E-state index contributed by atoms with van der Waals surface area (Å²) in [6.45, 7) is 1.99. The summed E-state index contributed by atoms with van der Waals surface area (Å²) in [4.78, 5) is 26.2. The molecule has 6 nitrogen and oxygen atoms in total. The van der Waals surface area contributed by atoms with E-state index >= 15 is 0 Å². The number of unbranched alkanes of at least 4 members (excludes halogenated alkanes) is 1. The van der Waals surface area contributed by atoms with E-state index in [0.29, 0.717) is 17.9 Å². The summed E-state index contributed by atoms with van der Waals surface area (Å²) >= 11 is 1.00. The second-order valence-corrected chi connectivity index (χ2v) is 9.62. The fourth-order valence-corrected chi connectivity index (χ4v) is 5.29. The van der Waals surface area contributed by atoms with Gasteiger partial charge in [0.1, 0.15) is 5.82 Å². The van der Waals surface area contributed by atoms with Crippen LogP contribution in [0.1, 0.15) is 26.2 Å². The molecule has 1 aromatic carbocycles. The third-order valence-electron chi connectivity index (χ3n) is 4.26. The Balaban J connectivity index is 1.85. The predicted octanol–water partition coefficient (Wildman–Crippen LogP) is 2.28. The SMILES string of the molecule is CCCCN(C(=O)COC(=O)CSc1ccccc1F)[C@H]1CCS(=O)(=O)C1. The van der Waals surface area contributed by atoms with Crippen LogP contribution < -0.4 is 0 Å². The van der Waals surface area contributed by atoms with Crippen LogP contribution >= 0.6 is 11.8 Å². The Hall–Kier alpha value is -1.61. The number of ether oxygens (including phenoxy) is 1. The highest BCUT2D eigenvalue weighted by Gasteiger charge is 2.34. The van der Waals surface area contributed by atoms with Gasteiger partial charge in [-0.05, 0) is 25.0 Å². The fraction of sp³-hybridized carbons (Fsp3) is 0.556. The minimum absolute atomic E-state index is 0.0421. The summed E-state index contributed by atoms with van der Waals surface area (Å²) < 4.78 is 41.9. The Morgan fingerprint density at radius 3 is 2.70 bits per heavy atom. The summed E-state index contributed by atoms with van der Waals surface area (Å²) in [7, 11) is -3.11. The van der Waals surface area contributed by atoms with E-state index in [0.717, 1.165) is 24.6 Å². The van der Waals surface area contributed by atoms with Crippen molar-refractivity contribution in [2.45, 2.75) is 37.1 Å². The minimum Gasteiger partial charge on any atom is -0.455 e. The highest BCUT2D eigenvalue weighted by molar-refractivity contribution is 8.00. The van der Waals surface area contributed by atoms with Crippen LogP contribution in [0.5, 0.6) is 0 Å². The molecule has 0 unspecified atom stereocenters. The number of carbonyl (C=O) groups excluding carboxylic acids is 2. The molecule has 1 aliphatic heterocycles. The molecule has 27 heavy (non-hydrogen) atoms. The first-order valence-corrected chi connectivity index (χ1v) is 11.7. The molecule has 1 amide bonds. The normalized spacial score (nSPS) is 18.2. The maximum absolute atomic E-state index is 13.5. The summed E-state index contributed by atoms with van der Waals surface area (Å²) in [5, 5.41) is 0. The van der Waals surface area contributed by atoms with Gasteiger partial charge < -0.3 is 9.64 Å². The molecule has 150 valence electrons. The molecule has 0 radical (unpaired) electrons. The molecular weight excluding hydrogens is 393 g/mol. The van der Waals surface area contributed by atoms with E-state index in [9.17, 15) is 22.4 Å². The zero-order chi connectivity index (χ0) is 19.9. The monoisotopic (exact) mass is 417 g/mol. The van der Waals surface area contributed by atoms with Crippen molar-refractivity contribution in [3.63, 3.8) is 0 Å². The summed E-state index contributed by atoms with van der Waals surface area (Å²) in [6.07, 6.45) is 2.02. The number of amides is 1. The maximum atomic E-state index is 13.5. The number of esters is 1. The third-order valence-corrected chi connectivity index (χ3v) is 7.03. The largest absolute Gasteiger partial charge is 0.455 e. The Morgan fingerprint density at radius 2 is 2.07 bits per heavy atom. The van der Waals surface area contributed by atoms with Crippen molar-refractivity contribution < 1.29 is 27.1 Å². The Bertz CT molecular complexity index is 769. The van der Waals surface area contributed by atoms with Gasteiger partial charge in [0, 0.05) is 17.5 Å². The van der Waals surface area contributed by atoms with Crippen molar-refractivity contribution in [2.24, 2.45) is 0 Å². The van der Waals surface area contributed by atoms with Gasteiger partial charge >= 0.3 is 5.97 Å². The van der Waals surface area contributed by atoms with Gasteiger partial charge in [-0.3, -0.25) is 9.59 Å². The second kappa shape index (κ2) is 10.1. The molecule has 0 saturated carbocycles. The minimum atomic E-state index is -3.11. The lowest BCUT2D eigenvalue weighted by Crippen LogP contribution is -2.44. The van der Waals surface area contributed by atoms with Crippen molar-refractivity contribution in [1.82, 2.24) is 4.90 Å². The maximum Gasteiger partial charge on any atom is 0.316 e. The van der Waals surface area contributed by atoms with Crippen LogP contribution in [0.3, 0.4) is 0 Å². The molecule has 0 N–H and O–H groups in total. The zero-order valence-electron chi connectivity index (χ0n) is 15.2. The zero-order valence-corrected chi connectivity index (χ0v) is 16.9. The van der Waals surface area contributed by atoms with Crippen molar-refractivity contribution >= 4 is 33.5 Å². The van der Waals surface area contributed by atoms with Gasteiger partial charge in [0.25, 0.3) is 5.91 Å². The lowest BCUT2D eigenvalue weighted by molar-refractivity contribution is -0.150. The molecule has 1 fully saturated rings.